The number of aliphatic hydroxyl groups excluding tert-OH is 1. The van der Waals surface area contributed by atoms with Gasteiger partial charge in [-0.25, -0.2) is 0 Å². The first-order valence-electron chi connectivity index (χ1n) is 8.20. The molecule has 4 unspecified atom stereocenters. The van der Waals surface area contributed by atoms with Gasteiger partial charge in [0.1, 0.15) is 0 Å². The van der Waals surface area contributed by atoms with Crippen LogP contribution >= 0.6 is 0 Å². The van der Waals surface area contributed by atoms with Gasteiger partial charge < -0.3 is 15.3 Å². The highest BCUT2D eigenvalue weighted by molar-refractivity contribution is 5.00. The van der Waals surface area contributed by atoms with Crippen molar-refractivity contribution < 1.29 is 5.11 Å². The second kappa shape index (κ2) is 6.55. The molecule has 1 saturated heterocycles. The maximum atomic E-state index is 9.77. The average molecular weight is 268 g/mol. The molecule has 3 heteroatoms. The van der Waals surface area contributed by atoms with Crippen LogP contribution in [-0.4, -0.2) is 47.8 Å². The van der Waals surface area contributed by atoms with Gasteiger partial charge in [-0.1, -0.05) is 20.8 Å². The van der Waals surface area contributed by atoms with Crippen molar-refractivity contribution in [2.45, 2.75) is 64.5 Å². The Kier molecular flexibility index (Phi) is 5.27. The molecule has 0 aromatic heterocycles. The topological polar surface area (TPSA) is 35.5 Å². The summed E-state index contributed by atoms with van der Waals surface area (Å²) in [5.41, 5.74) is 0.00692. The van der Waals surface area contributed by atoms with Crippen molar-refractivity contribution in [3.05, 3.63) is 0 Å². The van der Waals surface area contributed by atoms with Crippen LogP contribution in [0, 0.1) is 11.8 Å². The lowest BCUT2D eigenvalue weighted by Crippen LogP contribution is -2.49. The van der Waals surface area contributed by atoms with Crippen LogP contribution in [0.15, 0.2) is 0 Å². The van der Waals surface area contributed by atoms with Crippen LogP contribution in [0.3, 0.4) is 0 Å². The van der Waals surface area contributed by atoms with Crippen LogP contribution in [0.4, 0.5) is 0 Å². The smallest absolute Gasteiger partial charge is 0.0613 e. The minimum Gasteiger partial charge on any atom is -0.394 e. The van der Waals surface area contributed by atoms with Gasteiger partial charge in [0, 0.05) is 18.1 Å². The van der Waals surface area contributed by atoms with Gasteiger partial charge in [0.05, 0.1) is 6.61 Å². The molecule has 2 fully saturated rings. The minimum absolute atomic E-state index is 0.00692. The van der Waals surface area contributed by atoms with Gasteiger partial charge in [0.2, 0.25) is 0 Å². The molecular formula is C16H32N2O. The normalized spacial score (nSPS) is 40.7. The average Bonchev–Trinajstić information content (AvgIpc) is 2.85. The molecule has 1 aliphatic carbocycles. The van der Waals surface area contributed by atoms with Gasteiger partial charge in [0.15, 0.2) is 0 Å². The Balaban J connectivity index is 1.90. The first-order valence-corrected chi connectivity index (χ1v) is 8.20. The molecule has 2 N–H and O–H groups in total. The van der Waals surface area contributed by atoms with Crippen molar-refractivity contribution >= 4 is 0 Å². The van der Waals surface area contributed by atoms with E-state index in [9.17, 15) is 5.11 Å². The highest BCUT2D eigenvalue weighted by atomic mass is 16.3. The van der Waals surface area contributed by atoms with E-state index in [1.807, 2.05) is 0 Å². The molecule has 0 amide bonds. The largest absolute Gasteiger partial charge is 0.394 e. The van der Waals surface area contributed by atoms with Crippen LogP contribution in [0.2, 0.25) is 0 Å². The van der Waals surface area contributed by atoms with Crippen molar-refractivity contribution in [2.24, 2.45) is 11.8 Å². The van der Waals surface area contributed by atoms with E-state index in [0.29, 0.717) is 12.6 Å². The van der Waals surface area contributed by atoms with Gasteiger partial charge >= 0.3 is 0 Å². The lowest BCUT2D eigenvalue weighted by molar-refractivity contribution is 0.0869. The van der Waals surface area contributed by atoms with Crippen LogP contribution in [0.25, 0.3) is 0 Å². The van der Waals surface area contributed by atoms with E-state index >= 15 is 0 Å². The number of nitrogens with one attached hydrogen (secondary N) is 1. The first-order chi connectivity index (χ1) is 9.10. The highest BCUT2D eigenvalue weighted by Gasteiger charge is 2.41. The third-order valence-corrected chi connectivity index (χ3v) is 5.52. The summed E-state index contributed by atoms with van der Waals surface area (Å²) in [5, 5.41) is 13.4. The number of rotatable bonds is 5. The van der Waals surface area contributed by atoms with E-state index in [2.05, 4.69) is 31.0 Å². The summed E-state index contributed by atoms with van der Waals surface area (Å²) in [6.45, 7) is 10.8. The standard InChI is InChI=1S/C16H32N2O/c1-4-8-17-16(12-19)7-5-15(10-16)18-9-6-13(2)14(3)11-18/h13-15,17,19H,4-12H2,1-3H3. The molecule has 3 nitrogen and oxygen atoms in total. The molecule has 0 aromatic carbocycles. The minimum atomic E-state index is 0.00692. The van der Waals surface area contributed by atoms with E-state index in [1.165, 1.54) is 25.9 Å². The summed E-state index contributed by atoms with van der Waals surface area (Å²) < 4.78 is 0. The highest BCUT2D eigenvalue weighted by Crippen LogP contribution is 2.35. The van der Waals surface area contributed by atoms with Gasteiger partial charge in [-0.2, -0.15) is 0 Å². The van der Waals surface area contributed by atoms with E-state index in [4.69, 9.17) is 0 Å². The third-order valence-electron chi connectivity index (χ3n) is 5.52. The summed E-state index contributed by atoms with van der Waals surface area (Å²) in [6, 6.07) is 0.687. The Morgan fingerprint density at radius 3 is 2.68 bits per heavy atom. The fraction of sp³-hybridized carbons (Fsp3) is 1.00. The maximum Gasteiger partial charge on any atom is 0.0613 e. The van der Waals surface area contributed by atoms with E-state index in [0.717, 1.165) is 37.6 Å². The molecule has 1 heterocycles. The second-order valence-corrected chi connectivity index (χ2v) is 7.00. The fourth-order valence-corrected chi connectivity index (χ4v) is 3.79. The summed E-state index contributed by atoms with van der Waals surface area (Å²) in [7, 11) is 0. The SMILES string of the molecule is CCCNC1(CO)CCC(N2CCC(C)C(C)C2)C1. The molecule has 2 aliphatic rings. The van der Waals surface area contributed by atoms with Crippen molar-refractivity contribution in [3.63, 3.8) is 0 Å². The Hall–Kier alpha value is -0.120. The molecule has 0 aromatic rings. The molecule has 1 saturated carbocycles. The lowest BCUT2D eigenvalue weighted by atomic mass is 9.87. The van der Waals surface area contributed by atoms with Crippen LogP contribution < -0.4 is 5.32 Å². The second-order valence-electron chi connectivity index (χ2n) is 7.00. The quantitative estimate of drug-likeness (QED) is 0.803. The summed E-state index contributed by atoms with van der Waals surface area (Å²) in [4.78, 5) is 2.69. The number of hydrogen-bond acceptors (Lipinski definition) is 3. The molecule has 1 aliphatic heterocycles. The lowest BCUT2D eigenvalue weighted by Gasteiger charge is -2.39. The summed E-state index contributed by atoms with van der Waals surface area (Å²) in [5.74, 6) is 1.69. The summed E-state index contributed by atoms with van der Waals surface area (Å²) in [6.07, 6.45) is 5.99. The maximum absolute atomic E-state index is 9.77. The molecule has 0 bridgehead atoms. The molecule has 19 heavy (non-hydrogen) atoms. The number of likely N-dealkylation sites (tertiary alicyclic amines) is 1. The molecule has 112 valence electrons. The van der Waals surface area contributed by atoms with Crippen LogP contribution in [-0.2, 0) is 0 Å². The zero-order chi connectivity index (χ0) is 13.9. The molecule has 4 atom stereocenters. The van der Waals surface area contributed by atoms with E-state index in [-0.39, 0.29) is 5.54 Å². The van der Waals surface area contributed by atoms with Crippen molar-refractivity contribution in [1.29, 1.82) is 0 Å². The van der Waals surface area contributed by atoms with Crippen molar-refractivity contribution in [2.75, 3.05) is 26.2 Å². The van der Waals surface area contributed by atoms with Gasteiger partial charge in [0.25, 0.3) is 0 Å². The fourth-order valence-electron chi connectivity index (χ4n) is 3.79. The van der Waals surface area contributed by atoms with Crippen molar-refractivity contribution in [3.8, 4) is 0 Å². The Bertz CT molecular complexity index is 284. The number of aliphatic hydroxyl groups is 1. The predicted octanol–water partition coefficient (Wildman–Crippen LogP) is 2.25. The van der Waals surface area contributed by atoms with Gasteiger partial charge in [-0.15, -0.1) is 0 Å². The monoisotopic (exact) mass is 268 g/mol. The van der Waals surface area contributed by atoms with Gasteiger partial charge in [-0.3, -0.25) is 0 Å². The zero-order valence-electron chi connectivity index (χ0n) is 13.0. The Morgan fingerprint density at radius 2 is 2.05 bits per heavy atom. The Morgan fingerprint density at radius 1 is 1.26 bits per heavy atom. The van der Waals surface area contributed by atoms with Crippen molar-refractivity contribution in [1.82, 2.24) is 10.2 Å². The van der Waals surface area contributed by atoms with Crippen LogP contribution in [0.5, 0.6) is 0 Å². The Labute approximate surface area is 118 Å². The first kappa shape index (κ1) is 15.3. The van der Waals surface area contributed by atoms with E-state index in [1.54, 1.807) is 0 Å². The summed E-state index contributed by atoms with van der Waals surface area (Å²) >= 11 is 0. The molecule has 0 spiro atoms. The van der Waals surface area contributed by atoms with Gasteiger partial charge in [-0.05, 0) is 57.0 Å². The van der Waals surface area contributed by atoms with E-state index < -0.39 is 0 Å². The molecule has 0 radical (unpaired) electrons. The number of piperidine rings is 1. The number of nitrogens with zero attached hydrogens (tertiary/aromatic N) is 1. The van der Waals surface area contributed by atoms with Crippen LogP contribution in [0.1, 0.15) is 52.9 Å². The predicted molar refractivity (Wildman–Crippen MR) is 80.3 cm³/mol. The molecule has 2 rings (SSSR count). The number of hydrogen-bond donors (Lipinski definition) is 2. The zero-order valence-corrected chi connectivity index (χ0v) is 13.0. The molecular weight excluding hydrogens is 236 g/mol. The third kappa shape index (κ3) is 3.50.